The third-order valence-electron chi connectivity index (χ3n) is 4.97. The first-order valence-electron chi connectivity index (χ1n) is 8.61. The highest BCUT2D eigenvalue weighted by molar-refractivity contribution is 7.91. The van der Waals surface area contributed by atoms with Gasteiger partial charge in [0.05, 0.1) is 20.5 Å². The molecule has 5 nitrogen and oxygen atoms in total. The summed E-state index contributed by atoms with van der Waals surface area (Å²) in [6.07, 6.45) is 1.50. The van der Waals surface area contributed by atoms with Crippen molar-refractivity contribution in [3.05, 3.63) is 52.6 Å². The van der Waals surface area contributed by atoms with E-state index in [4.69, 9.17) is 23.2 Å². The number of hydrogen-bond donors (Lipinski definition) is 1. The number of likely N-dealkylation sites (N-methyl/N-ethyl adjacent to an activating group) is 1. The number of aromatic nitrogens is 1. The molecular formula is C19H19Cl2N3O2S. The minimum absolute atomic E-state index is 0.172. The van der Waals surface area contributed by atoms with Crippen LogP contribution in [0, 0.1) is 0 Å². The van der Waals surface area contributed by atoms with Crippen LogP contribution in [0.15, 0.2) is 52.4 Å². The number of benzene rings is 2. The second kappa shape index (κ2) is 7.02. The van der Waals surface area contributed by atoms with Gasteiger partial charge in [0.15, 0.2) is 0 Å². The van der Waals surface area contributed by atoms with Crippen molar-refractivity contribution in [1.82, 2.24) is 9.88 Å². The summed E-state index contributed by atoms with van der Waals surface area (Å²) in [6.45, 7) is 3.63. The fraction of sp³-hybridized carbons (Fsp3) is 0.263. The highest BCUT2D eigenvalue weighted by Gasteiger charge is 2.24. The number of rotatable bonds is 3. The highest BCUT2D eigenvalue weighted by atomic mass is 35.5. The second-order valence-corrected chi connectivity index (χ2v) is 9.51. The van der Waals surface area contributed by atoms with Crippen molar-refractivity contribution in [2.75, 3.05) is 38.1 Å². The van der Waals surface area contributed by atoms with Crippen molar-refractivity contribution >= 4 is 49.6 Å². The summed E-state index contributed by atoms with van der Waals surface area (Å²) in [5.74, 6) is 0. The quantitative estimate of drug-likeness (QED) is 0.689. The minimum Gasteiger partial charge on any atom is -0.368 e. The van der Waals surface area contributed by atoms with E-state index in [0.717, 1.165) is 37.4 Å². The van der Waals surface area contributed by atoms with E-state index in [9.17, 15) is 8.42 Å². The number of nitrogens with one attached hydrogen (secondary N) is 1. The molecule has 1 fully saturated rings. The van der Waals surface area contributed by atoms with Crippen molar-refractivity contribution in [3.63, 3.8) is 0 Å². The molecule has 0 amide bonds. The number of nitrogens with zero attached hydrogens (tertiary/aromatic N) is 2. The first-order chi connectivity index (χ1) is 12.9. The zero-order valence-electron chi connectivity index (χ0n) is 14.7. The van der Waals surface area contributed by atoms with Crippen LogP contribution >= 0.6 is 23.2 Å². The lowest BCUT2D eigenvalue weighted by molar-refractivity contribution is 0.313. The first-order valence-corrected chi connectivity index (χ1v) is 10.8. The molecule has 0 atom stereocenters. The lowest BCUT2D eigenvalue weighted by atomic mass is 10.2. The van der Waals surface area contributed by atoms with Gasteiger partial charge in [-0.05, 0) is 43.4 Å². The van der Waals surface area contributed by atoms with Gasteiger partial charge >= 0.3 is 0 Å². The van der Waals surface area contributed by atoms with Crippen molar-refractivity contribution in [1.29, 1.82) is 0 Å². The Labute approximate surface area is 168 Å². The molecule has 1 aliphatic heterocycles. The van der Waals surface area contributed by atoms with Gasteiger partial charge in [-0.1, -0.05) is 23.2 Å². The van der Waals surface area contributed by atoms with Crippen LogP contribution in [0.5, 0.6) is 0 Å². The number of sulfone groups is 1. The maximum absolute atomic E-state index is 13.2. The lowest BCUT2D eigenvalue weighted by Gasteiger charge is -2.34. The van der Waals surface area contributed by atoms with Crippen molar-refractivity contribution < 1.29 is 8.42 Å². The molecule has 0 aliphatic carbocycles. The van der Waals surface area contributed by atoms with Gasteiger partial charge < -0.3 is 14.8 Å². The smallest absolute Gasteiger partial charge is 0.208 e. The van der Waals surface area contributed by atoms with Gasteiger partial charge in [0, 0.05) is 48.3 Å². The molecule has 1 N–H and O–H groups in total. The van der Waals surface area contributed by atoms with E-state index in [-0.39, 0.29) is 9.79 Å². The van der Waals surface area contributed by atoms with Gasteiger partial charge in [-0.2, -0.15) is 0 Å². The standard InChI is InChI=1S/C19H19Cl2N3O2S/c1-23-6-8-24(9-7-23)18-5-3-14(11-16(18)21)27(25,26)19-12-22-17-4-2-13(20)10-15(17)19/h2-5,10-12,22H,6-9H2,1H3. The van der Waals surface area contributed by atoms with E-state index in [0.29, 0.717) is 15.4 Å². The zero-order chi connectivity index (χ0) is 19.2. The molecule has 2 heterocycles. The third kappa shape index (κ3) is 3.43. The molecular weight excluding hydrogens is 405 g/mol. The summed E-state index contributed by atoms with van der Waals surface area (Å²) in [5.41, 5.74) is 1.59. The van der Waals surface area contributed by atoms with E-state index < -0.39 is 9.84 Å². The number of H-pyrrole nitrogens is 1. The molecule has 0 saturated carbocycles. The normalized spacial score (nSPS) is 16.2. The Morgan fingerprint density at radius 1 is 1.00 bits per heavy atom. The van der Waals surface area contributed by atoms with Crippen LogP contribution < -0.4 is 4.90 Å². The van der Waals surface area contributed by atoms with Gasteiger partial charge in [-0.25, -0.2) is 8.42 Å². The molecule has 0 spiro atoms. The molecule has 0 bridgehead atoms. The number of piperazine rings is 1. The molecule has 4 rings (SSSR count). The van der Waals surface area contributed by atoms with Crippen LogP contribution in [-0.4, -0.2) is 51.5 Å². The van der Waals surface area contributed by atoms with Gasteiger partial charge in [-0.15, -0.1) is 0 Å². The van der Waals surface area contributed by atoms with Gasteiger partial charge in [0.2, 0.25) is 9.84 Å². The molecule has 0 radical (unpaired) electrons. The molecule has 1 aromatic heterocycles. The summed E-state index contributed by atoms with van der Waals surface area (Å²) in [5, 5.41) is 1.50. The van der Waals surface area contributed by atoms with Crippen LogP contribution in [0.2, 0.25) is 10.0 Å². The van der Waals surface area contributed by atoms with Crippen molar-refractivity contribution in [3.8, 4) is 0 Å². The number of hydrogen-bond acceptors (Lipinski definition) is 4. The average Bonchev–Trinajstić information content (AvgIpc) is 3.06. The summed E-state index contributed by atoms with van der Waals surface area (Å²) in [4.78, 5) is 7.80. The lowest BCUT2D eigenvalue weighted by Crippen LogP contribution is -2.44. The maximum atomic E-state index is 13.2. The van der Waals surface area contributed by atoms with Gasteiger partial charge in [0.25, 0.3) is 0 Å². The number of aromatic amines is 1. The predicted molar refractivity (Wildman–Crippen MR) is 110 cm³/mol. The molecule has 8 heteroatoms. The van der Waals surface area contributed by atoms with Gasteiger partial charge in [-0.3, -0.25) is 0 Å². The minimum atomic E-state index is -3.72. The molecule has 2 aromatic carbocycles. The Morgan fingerprint density at radius 2 is 1.74 bits per heavy atom. The molecule has 1 aliphatic rings. The molecule has 3 aromatic rings. The summed E-state index contributed by atoms with van der Waals surface area (Å²) >= 11 is 12.5. The highest BCUT2D eigenvalue weighted by Crippen LogP contribution is 2.34. The predicted octanol–water partition coefficient (Wildman–Crippen LogP) is 4.06. The number of anilines is 1. The van der Waals surface area contributed by atoms with Crippen LogP contribution in [0.3, 0.4) is 0 Å². The largest absolute Gasteiger partial charge is 0.368 e. The Kier molecular flexibility index (Phi) is 4.84. The summed E-state index contributed by atoms with van der Waals surface area (Å²) < 4.78 is 26.3. The van der Waals surface area contributed by atoms with Crippen LogP contribution in [0.25, 0.3) is 10.9 Å². The molecule has 27 heavy (non-hydrogen) atoms. The Balaban J connectivity index is 1.72. The fourth-order valence-corrected chi connectivity index (χ4v) is 5.36. The van der Waals surface area contributed by atoms with Crippen LogP contribution in [-0.2, 0) is 9.84 Å². The SMILES string of the molecule is CN1CCN(c2ccc(S(=O)(=O)c3c[nH]c4ccc(Cl)cc34)cc2Cl)CC1. The van der Waals surface area contributed by atoms with E-state index in [1.54, 1.807) is 30.3 Å². The summed E-state index contributed by atoms with van der Waals surface area (Å²) in [7, 11) is -1.63. The van der Waals surface area contributed by atoms with E-state index in [1.807, 2.05) is 0 Å². The zero-order valence-corrected chi connectivity index (χ0v) is 17.1. The first kappa shape index (κ1) is 18.6. The number of fused-ring (bicyclic) bond motifs is 1. The van der Waals surface area contributed by atoms with Crippen LogP contribution in [0.4, 0.5) is 5.69 Å². The Hall–Kier alpha value is -1.73. The van der Waals surface area contributed by atoms with E-state index in [1.165, 1.54) is 12.3 Å². The van der Waals surface area contributed by atoms with Crippen molar-refractivity contribution in [2.45, 2.75) is 9.79 Å². The van der Waals surface area contributed by atoms with Crippen molar-refractivity contribution in [2.24, 2.45) is 0 Å². The average molecular weight is 424 g/mol. The van der Waals surface area contributed by atoms with E-state index in [2.05, 4.69) is 21.8 Å². The van der Waals surface area contributed by atoms with Gasteiger partial charge in [0.1, 0.15) is 0 Å². The topological polar surface area (TPSA) is 56.4 Å². The third-order valence-corrected chi connectivity index (χ3v) is 7.30. The van der Waals surface area contributed by atoms with E-state index >= 15 is 0 Å². The molecule has 1 saturated heterocycles. The molecule has 142 valence electrons. The Bertz CT molecular complexity index is 1100. The fourth-order valence-electron chi connectivity index (χ4n) is 3.38. The maximum Gasteiger partial charge on any atom is 0.208 e. The second-order valence-electron chi connectivity index (χ2n) is 6.75. The Morgan fingerprint density at radius 3 is 2.44 bits per heavy atom. The van der Waals surface area contributed by atoms with Crippen LogP contribution in [0.1, 0.15) is 0 Å². The summed E-state index contributed by atoms with van der Waals surface area (Å²) in [6, 6.07) is 10.1. The number of halogens is 2. The molecule has 0 unspecified atom stereocenters. The monoisotopic (exact) mass is 423 g/mol.